The zero-order chi connectivity index (χ0) is 14.7. The van der Waals surface area contributed by atoms with Gasteiger partial charge in [0.05, 0.1) is 11.6 Å². The van der Waals surface area contributed by atoms with Gasteiger partial charge in [-0.25, -0.2) is 4.79 Å². The third-order valence-electron chi connectivity index (χ3n) is 2.95. The Bertz CT molecular complexity index is 644. The first-order chi connectivity index (χ1) is 9.49. The summed E-state index contributed by atoms with van der Waals surface area (Å²) in [6.45, 7) is 1.90. The topological polar surface area (TPSA) is 49.3 Å². The molecule has 0 aromatic heterocycles. The minimum absolute atomic E-state index is 0.165. The summed E-state index contributed by atoms with van der Waals surface area (Å²) >= 11 is 12.1. The van der Waals surface area contributed by atoms with Gasteiger partial charge in [-0.15, -0.1) is 0 Å². The summed E-state index contributed by atoms with van der Waals surface area (Å²) in [4.78, 5) is 11.2. The summed E-state index contributed by atoms with van der Waals surface area (Å²) in [5, 5.41) is 13.5. The number of para-hydroxylation sites is 1. The molecule has 0 saturated heterocycles. The van der Waals surface area contributed by atoms with E-state index in [1.54, 1.807) is 42.5 Å². The fourth-order valence-corrected chi connectivity index (χ4v) is 2.41. The van der Waals surface area contributed by atoms with Gasteiger partial charge in [0.1, 0.15) is 0 Å². The molecule has 0 amide bonds. The van der Waals surface area contributed by atoms with Crippen molar-refractivity contribution in [1.29, 1.82) is 0 Å². The SMILES string of the molecule is CC(Nc1ccccc1C(=O)O)c1cc(Cl)ccc1Cl. The standard InChI is InChI=1S/C15H13Cl2NO2/c1-9(12-8-10(16)6-7-13(12)17)18-14-5-3-2-4-11(14)15(19)20/h2-9,18H,1H3,(H,19,20). The predicted molar refractivity (Wildman–Crippen MR) is 81.9 cm³/mol. The third-order valence-corrected chi connectivity index (χ3v) is 3.53. The molecule has 2 N–H and O–H groups in total. The summed E-state index contributed by atoms with van der Waals surface area (Å²) in [5.41, 5.74) is 1.58. The number of hydrogen-bond donors (Lipinski definition) is 2. The van der Waals surface area contributed by atoms with Crippen LogP contribution in [0, 0.1) is 0 Å². The van der Waals surface area contributed by atoms with Crippen LogP contribution in [0.3, 0.4) is 0 Å². The second-order valence-corrected chi connectivity index (χ2v) is 5.23. The van der Waals surface area contributed by atoms with Gasteiger partial charge in [-0.05, 0) is 42.8 Å². The maximum Gasteiger partial charge on any atom is 0.337 e. The van der Waals surface area contributed by atoms with Gasteiger partial charge in [0.2, 0.25) is 0 Å². The Hall–Kier alpha value is -1.71. The van der Waals surface area contributed by atoms with E-state index in [-0.39, 0.29) is 11.6 Å². The Morgan fingerprint density at radius 3 is 2.60 bits per heavy atom. The number of anilines is 1. The van der Waals surface area contributed by atoms with E-state index in [0.717, 1.165) is 5.56 Å². The minimum Gasteiger partial charge on any atom is -0.478 e. The highest BCUT2D eigenvalue weighted by Crippen LogP contribution is 2.29. The zero-order valence-electron chi connectivity index (χ0n) is 10.7. The van der Waals surface area contributed by atoms with E-state index in [1.807, 2.05) is 6.92 Å². The van der Waals surface area contributed by atoms with Gasteiger partial charge >= 0.3 is 5.97 Å². The first kappa shape index (κ1) is 14.7. The molecule has 0 heterocycles. The van der Waals surface area contributed by atoms with Crippen molar-refractivity contribution in [2.45, 2.75) is 13.0 Å². The lowest BCUT2D eigenvalue weighted by atomic mass is 10.1. The maximum atomic E-state index is 11.2. The van der Waals surface area contributed by atoms with Crippen molar-refractivity contribution in [1.82, 2.24) is 0 Å². The van der Waals surface area contributed by atoms with Crippen molar-refractivity contribution in [3.05, 3.63) is 63.6 Å². The van der Waals surface area contributed by atoms with E-state index in [4.69, 9.17) is 28.3 Å². The van der Waals surface area contributed by atoms with Crippen LogP contribution in [-0.2, 0) is 0 Å². The maximum absolute atomic E-state index is 11.2. The van der Waals surface area contributed by atoms with Gasteiger partial charge in [-0.2, -0.15) is 0 Å². The van der Waals surface area contributed by atoms with E-state index < -0.39 is 5.97 Å². The van der Waals surface area contributed by atoms with Crippen LogP contribution >= 0.6 is 23.2 Å². The summed E-state index contributed by atoms with van der Waals surface area (Å²) in [6, 6.07) is 11.8. The van der Waals surface area contributed by atoms with Crippen LogP contribution < -0.4 is 5.32 Å². The monoisotopic (exact) mass is 309 g/mol. The molecule has 5 heteroatoms. The summed E-state index contributed by atoms with van der Waals surface area (Å²) in [6.07, 6.45) is 0. The largest absolute Gasteiger partial charge is 0.478 e. The number of benzene rings is 2. The van der Waals surface area contributed by atoms with Gasteiger partial charge in [0.15, 0.2) is 0 Å². The molecule has 0 spiro atoms. The molecule has 2 rings (SSSR count). The van der Waals surface area contributed by atoms with E-state index in [9.17, 15) is 4.79 Å². The van der Waals surface area contributed by atoms with Crippen molar-refractivity contribution in [3.63, 3.8) is 0 Å². The highest BCUT2D eigenvalue weighted by atomic mass is 35.5. The van der Waals surface area contributed by atoms with Crippen molar-refractivity contribution < 1.29 is 9.90 Å². The molecule has 3 nitrogen and oxygen atoms in total. The number of hydrogen-bond acceptors (Lipinski definition) is 2. The summed E-state index contributed by atoms with van der Waals surface area (Å²) < 4.78 is 0. The number of aromatic carboxylic acids is 1. The highest BCUT2D eigenvalue weighted by molar-refractivity contribution is 6.33. The molecule has 0 fully saturated rings. The summed E-state index contributed by atoms with van der Waals surface area (Å²) in [7, 11) is 0. The van der Waals surface area contributed by atoms with Crippen LogP contribution in [0.2, 0.25) is 10.0 Å². The molecule has 104 valence electrons. The molecule has 20 heavy (non-hydrogen) atoms. The number of nitrogens with one attached hydrogen (secondary N) is 1. The third kappa shape index (κ3) is 3.24. The molecule has 0 aliphatic heterocycles. The number of halogens is 2. The summed E-state index contributed by atoms with van der Waals surface area (Å²) in [5.74, 6) is -0.975. The van der Waals surface area contributed by atoms with Crippen LogP contribution in [0.25, 0.3) is 0 Å². The van der Waals surface area contributed by atoms with E-state index >= 15 is 0 Å². The van der Waals surface area contributed by atoms with Crippen LogP contribution in [0.1, 0.15) is 28.9 Å². The van der Waals surface area contributed by atoms with Crippen LogP contribution in [-0.4, -0.2) is 11.1 Å². The van der Waals surface area contributed by atoms with E-state index in [0.29, 0.717) is 15.7 Å². The highest BCUT2D eigenvalue weighted by Gasteiger charge is 2.14. The van der Waals surface area contributed by atoms with Gasteiger partial charge in [0.25, 0.3) is 0 Å². The fourth-order valence-electron chi connectivity index (χ4n) is 1.95. The predicted octanol–water partition coefficient (Wildman–Crippen LogP) is 4.86. The number of carboxylic acids is 1. The average Bonchev–Trinajstić information content (AvgIpc) is 2.41. The van der Waals surface area contributed by atoms with Crippen LogP contribution in [0.5, 0.6) is 0 Å². The number of rotatable bonds is 4. The molecule has 1 unspecified atom stereocenters. The molecule has 1 atom stereocenters. The lowest BCUT2D eigenvalue weighted by Gasteiger charge is -2.18. The van der Waals surface area contributed by atoms with Gasteiger partial charge in [-0.1, -0.05) is 35.3 Å². The number of carboxylic acid groups (broad SMARTS) is 1. The second kappa shape index (κ2) is 6.16. The molecule has 0 aliphatic carbocycles. The first-order valence-corrected chi connectivity index (χ1v) is 6.78. The van der Waals surface area contributed by atoms with Crippen LogP contribution in [0.4, 0.5) is 5.69 Å². The lowest BCUT2D eigenvalue weighted by molar-refractivity contribution is 0.0698. The Kier molecular flexibility index (Phi) is 4.53. The zero-order valence-corrected chi connectivity index (χ0v) is 12.2. The van der Waals surface area contributed by atoms with Crippen molar-refractivity contribution in [3.8, 4) is 0 Å². The molecule has 0 saturated carbocycles. The molecule has 0 radical (unpaired) electrons. The van der Waals surface area contributed by atoms with Crippen molar-refractivity contribution in [2.24, 2.45) is 0 Å². The Balaban J connectivity index is 2.30. The first-order valence-electron chi connectivity index (χ1n) is 6.03. The smallest absolute Gasteiger partial charge is 0.337 e. The van der Waals surface area contributed by atoms with Gasteiger partial charge in [0, 0.05) is 15.7 Å². The molecule has 0 aliphatic rings. The fraction of sp³-hybridized carbons (Fsp3) is 0.133. The lowest BCUT2D eigenvalue weighted by Crippen LogP contribution is -2.11. The Morgan fingerprint density at radius 1 is 1.20 bits per heavy atom. The molecule has 2 aromatic rings. The normalized spacial score (nSPS) is 11.9. The van der Waals surface area contributed by atoms with Crippen molar-refractivity contribution >= 4 is 34.9 Å². The molecular weight excluding hydrogens is 297 g/mol. The van der Waals surface area contributed by atoms with Gasteiger partial charge in [-0.3, -0.25) is 0 Å². The molecular formula is C15H13Cl2NO2. The van der Waals surface area contributed by atoms with Crippen LogP contribution in [0.15, 0.2) is 42.5 Å². The van der Waals surface area contributed by atoms with E-state index in [1.165, 1.54) is 0 Å². The Labute approximate surface area is 127 Å². The van der Waals surface area contributed by atoms with Crippen molar-refractivity contribution in [2.75, 3.05) is 5.32 Å². The minimum atomic E-state index is -0.975. The molecule has 2 aromatic carbocycles. The Morgan fingerprint density at radius 2 is 1.90 bits per heavy atom. The second-order valence-electron chi connectivity index (χ2n) is 4.38. The molecule has 0 bridgehead atoms. The quantitative estimate of drug-likeness (QED) is 0.847. The van der Waals surface area contributed by atoms with E-state index in [2.05, 4.69) is 5.32 Å². The average molecular weight is 310 g/mol. The number of carbonyl (C=O) groups is 1. The van der Waals surface area contributed by atoms with Gasteiger partial charge < -0.3 is 10.4 Å².